The second-order valence-electron chi connectivity index (χ2n) is 8.41. The summed E-state index contributed by atoms with van der Waals surface area (Å²) < 4.78 is 7.95. The number of rotatable bonds is 5. The van der Waals surface area contributed by atoms with E-state index in [4.69, 9.17) is 4.74 Å². The quantitative estimate of drug-likeness (QED) is 0.482. The van der Waals surface area contributed by atoms with Crippen molar-refractivity contribution in [3.8, 4) is 0 Å². The van der Waals surface area contributed by atoms with E-state index in [1.807, 2.05) is 88.4 Å². The minimum atomic E-state index is -0.307. The summed E-state index contributed by atoms with van der Waals surface area (Å²) in [5.41, 5.74) is 4.21. The molecule has 0 spiro atoms. The predicted molar refractivity (Wildman–Crippen MR) is 125 cm³/mol. The van der Waals surface area contributed by atoms with E-state index >= 15 is 0 Å². The van der Waals surface area contributed by atoms with Gasteiger partial charge in [0.05, 0.1) is 19.1 Å². The molecule has 3 heterocycles. The van der Waals surface area contributed by atoms with Crippen LogP contribution in [0, 0.1) is 5.92 Å². The van der Waals surface area contributed by atoms with Crippen LogP contribution in [-0.2, 0) is 16.0 Å². The highest BCUT2D eigenvalue weighted by molar-refractivity contribution is 5.87. The summed E-state index contributed by atoms with van der Waals surface area (Å²) in [7, 11) is 0. The van der Waals surface area contributed by atoms with Crippen LogP contribution in [0.3, 0.4) is 0 Å². The van der Waals surface area contributed by atoms with Crippen LogP contribution in [0.15, 0.2) is 91.4 Å². The molecular weight excluding hydrogens is 398 g/mol. The average molecular weight is 426 g/mol. The molecule has 0 bridgehead atoms. The van der Waals surface area contributed by atoms with Gasteiger partial charge in [-0.05, 0) is 29.2 Å². The van der Waals surface area contributed by atoms with E-state index in [-0.39, 0.29) is 17.7 Å². The number of hydrogen-bond acceptors (Lipinski definition) is 3. The van der Waals surface area contributed by atoms with Gasteiger partial charge in [-0.1, -0.05) is 66.7 Å². The normalized spacial score (nSPS) is 16.9. The van der Waals surface area contributed by atoms with E-state index < -0.39 is 0 Å². The van der Waals surface area contributed by atoms with E-state index in [0.717, 1.165) is 23.2 Å². The molecule has 0 unspecified atom stereocenters. The van der Waals surface area contributed by atoms with E-state index in [1.165, 1.54) is 5.56 Å². The topological polar surface area (TPSA) is 46.8 Å². The molecule has 1 fully saturated rings. The molecule has 2 aromatic carbocycles. The summed E-state index contributed by atoms with van der Waals surface area (Å²) in [5.74, 6) is 0.0797. The molecule has 162 valence electrons. The van der Waals surface area contributed by atoms with Gasteiger partial charge in [0, 0.05) is 37.6 Å². The zero-order valence-electron chi connectivity index (χ0n) is 18.0. The summed E-state index contributed by atoms with van der Waals surface area (Å²) in [4.78, 5) is 20.2. The number of hydrogen-bond donors (Lipinski definition) is 0. The largest absolute Gasteiger partial charge is 0.379 e. The van der Waals surface area contributed by atoms with Crippen molar-refractivity contribution >= 4 is 11.6 Å². The van der Waals surface area contributed by atoms with E-state index in [9.17, 15) is 4.79 Å². The van der Waals surface area contributed by atoms with Gasteiger partial charge in [-0.25, -0.2) is 4.98 Å². The van der Waals surface area contributed by atoms with E-state index in [0.29, 0.717) is 26.3 Å². The molecule has 1 saturated heterocycles. The second kappa shape index (κ2) is 9.37. The number of imidazole rings is 1. The first-order valence-electron chi connectivity index (χ1n) is 11.2. The van der Waals surface area contributed by atoms with Gasteiger partial charge in [0.1, 0.15) is 5.65 Å². The van der Waals surface area contributed by atoms with Crippen LogP contribution >= 0.6 is 0 Å². The Labute approximate surface area is 188 Å². The van der Waals surface area contributed by atoms with Gasteiger partial charge in [-0.2, -0.15) is 0 Å². The second-order valence-corrected chi connectivity index (χ2v) is 8.41. The molecule has 5 rings (SSSR count). The Morgan fingerprint density at radius 1 is 1.00 bits per heavy atom. The van der Waals surface area contributed by atoms with Crippen LogP contribution in [0.25, 0.3) is 5.65 Å². The van der Waals surface area contributed by atoms with Crippen molar-refractivity contribution in [3.63, 3.8) is 0 Å². The molecule has 5 nitrogen and oxygen atoms in total. The minimum absolute atomic E-state index is 0.142. The van der Waals surface area contributed by atoms with Gasteiger partial charge >= 0.3 is 0 Å². The number of ether oxygens (including phenoxy) is 1. The highest BCUT2D eigenvalue weighted by Gasteiger charge is 2.30. The summed E-state index contributed by atoms with van der Waals surface area (Å²) in [6, 6.07) is 24.3. The number of amides is 1. The van der Waals surface area contributed by atoms with Crippen LogP contribution in [0.4, 0.5) is 0 Å². The Hall–Kier alpha value is -3.44. The van der Waals surface area contributed by atoms with Gasteiger partial charge in [0.2, 0.25) is 5.91 Å². The number of pyridine rings is 1. The van der Waals surface area contributed by atoms with E-state index in [2.05, 4.69) is 17.2 Å². The SMILES string of the molecule is O=C(C(c1ccccc1)c1ccccc1)N1CCOC[C@@H](Cc2ccc3nccn3c2)C1. The predicted octanol–water partition coefficient (Wildman–Crippen LogP) is 4.18. The number of nitrogens with zero attached hydrogens (tertiary/aromatic N) is 3. The number of carbonyl (C=O) groups excluding carboxylic acids is 1. The lowest BCUT2D eigenvalue weighted by Crippen LogP contribution is -2.39. The number of fused-ring (bicyclic) bond motifs is 1. The first kappa shape index (κ1) is 20.5. The standard InChI is InChI=1S/C27H27N3O2/c31-27(26(23-7-3-1-4-8-23)24-9-5-2-6-10-24)30-15-16-32-20-22(19-30)17-21-11-12-25-28-13-14-29(25)18-21/h1-14,18,22,26H,15-17,19-20H2/t22-/m0/s1. The summed E-state index contributed by atoms with van der Waals surface area (Å²) in [6.07, 6.45) is 6.75. The van der Waals surface area contributed by atoms with E-state index in [1.54, 1.807) is 0 Å². The fraction of sp³-hybridized carbons (Fsp3) is 0.259. The molecule has 2 aromatic heterocycles. The molecule has 4 aromatic rings. The average Bonchev–Trinajstić information content (AvgIpc) is 3.18. The van der Waals surface area contributed by atoms with Crippen molar-refractivity contribution in [2.75, 3.05) is 26.3 Å². The van der Waals surface area contributed by atoms with Crippen LogP contribution in [0.5, 0.6) is 0 Å². The number of carbonyl (C=O) groups is 1. The Kier molecular flexibility index (Phi) is 5.99. The van der Waals surface area contributed by atoms with Crippen LogP contribution in [0.2, 0.25) is 0 Å². The summed E-state index contributed by atoms with van der Waals surface area (Å²) >= 11 is 0. The smallest absolute Gasteiger partial charge is 0.234 e. The van der Waals surface area contributed by atoms with Gasteiger partial charge in [-0.15, -0.1) is 0 Å². The molecule has 5 heteroatoms. The molecule has 1 atom stereocenters. The van der Waals surface area contributed by atoms with Gasteiger partial charge in [-0.3, -0.25) is 4.79 Å². The third-order valence-electron chi connectivity index (χ3n) is 6.14. The lowest BCUT2D eigenvalue weighted by atomic mass is 9.89. The fourth-order valence-corrected chi connectivity index (χ4v) is 4.58. The molecule has 32 heavy (non-hydrogen) atoms. The Morgan fingerprint density at radius 3 is 2.44 bits per heavy atom. The molecule has 0 saturated carbocycles. The third-order valence-corrected chi connectivity index (χ3v) is 6.14. The van der Waals surface area contributed by atoms with Crippen molar-refractivity contribution in [2.45, 2.75) is 12.3 Å². The highest BCUT2D eigenvalue weighted by atomic mass is 16.5. The lowest BCUT2D eigenvalue weighted by molar-refractivity contribution is -0.132. The Balaban J connectivity index is 1.38. The minimum Gasteiger partial charge on any atom is -0.379 e. The summed E-state index contributed by atoms with van der Waals surface area (Å²) in [6.45, 7) is 2.54. The first-order valence-corrected chi connectivity index (χ1v) is 11.2. The van der Waals surface area contributed by atoms with Crippen molar-refractivity contribution < 1.29 is 9.53 Å². The molecule has 1 aliphatic heterocycles. The maximum atomic E-state index is 13.8. The van der Waals surface area contributed by atoms with Crippen molar-refractivity contribution in [1.82, 2.24) is 14.3 Å². The third kappa shape index (κ3) is 4.43. The maximum Gasteiger partial charge on any atom is 0.234 e. The fourth-order valence-electron chi connectivity index (χ4n) is 4.58. The Bertz CT molecular complexity index is 1130. The highest BCUT2D eigenvalue weighted by Crippen LogP contribution is 2.28. The molecular formula is C27H27N3O2. The van der Waals surface area contributed by atoms with Crippen LogP contribution < -0.4 is 0 Å². The van der Waals surface area contributed by atoms with Gasteiger partial charge < -0.3 is 14.0 Å². The van der Waals surface area contributed by atoms with Crippen molar-refractivity contribution in [2.24, 2.45) is 5.92 Å². The summed E-state index contributed by atoms with van der Waals surface area (Å²) in [5, 5.41) is 0. The molecule has 0 N–H and O–H groups in total. The monoisotopic (exact) mass is 425 g/mol. The maximum absolute atomic E-state index is 13.8. The van der Waals surface area contributed by atoms with Gasteiger partial charge in [0.15, 0.2) is 0 Å². The number of benzene rings is 2. The van der Waals surface area contributed by atoms with Crippen LogP contribution in [-0.4, -0.2) is 46.5 Å². The van der Waals surface area contributed by atoms with Crippen molar-refractivity contribution in [3.05, 3.63) is 108 Å². The zero-order valence-corrected chi connectivity index (χ0v) is 18.0. The molecule has 0 aliphatic carbocycles. The Morgan fingerprint density at radius 2 is 1.72 bits per heavy atom. The van der Waals surface area contributed by atoms with Crippen molar-refractivity contribution in [1.29, 1.82) is 0 Å². The number of aromatic nitrogens is 2. The van der Waals surface area contributed by atoms with Crippen LogP contribution in [0.1, 0.15) is 22.6 Å². The molecule has 1 amide bonds. The zero-order chi connectivity index (χ0) is 21.8. The molecule has 1 aliphatic rings. The van der Waals surface area contributed by atoms with Gasteiger partial charge in [0.25, 0.3) is 0 Å². The molecule has 0 radical (unpaired) electrons. The first-order chi connectivity index (χ1) is 15.8. The lowest BCUT2D eigenvalue weighted by Gasteiger charge is -2.28.